The van der Waals surface area contributed by atoms with E-state index in [1.807, 2.05) is 30.3 Å². The van der Waals surface area contributed by atoms with Crippen LogP contribution in [0.1, 0.15) is 36.1 Å². The zero-order chi connectivity index (χ0) is 25.8. The Morgan fingerprint density at radius 2 is 1.75 bits per heavy atom. The Balaban J connectivity index is 1.50. The van der Waals surface area contributed by atoms with Gasteiger partial charge in [-0.15, -0.1) is 11.3 Å². The third kappa shape index (κ3) is 5.56. The number of nitrogens with one attached hydrogen (secondary N) is 2. The van der Waals surface area contributed by atoms with E-state index in [0.717, 1.165) is 16.0 Å². The normalized spacial score (nSPS) is 19.2. The minimum atomic E-state index is -3.59. The summed E-state index contributed by atoms with van der Waals surface area (Å²) >= 11 is 1.32. The number of hydrogen-bond acceptors (Lipinski definition) is 6. The van der Waals surface area contributed by atoms with Crippen LogP contribution < -0.4 is 10.8 Å². The Bertz CT molecular complexity index is 1380. The molecule has 2 heterocycles. The average Bonchev–Trinajstić information content (AvgIpc) is 3.36. The van der Waals surface area contributed by atoms with Crippen LogP contribution in [0, 0.1) is 5.82 Å². The number of benzene rings is 2. The summed E-state index contributed by atoms with van der Waals surface area (Å²) in [6.07, 6.45) is 4.27. The Labute approximate surface area is 212 Å². The molecule has 1 saturated heterocycles. The maximum atomic E-state index is 13.1. The molecule has 1 aliphatic rings. The summed E-state index contributed by atoms with van der Waals surface area (Å²) in [6, 6.07) is 16.5. The van der Waals surface area contributed by atoms with Crippen LogP contribution in [0.5, 0.6) is 0 Å². The molecule has 0 aliphatic carbocycles. The molecule has 0 bridgehead atoms. The molecule has 3 N–H and O–H groups in total. The van der Waals surface area contributed by atoms with Crippen LogP contribution in [0.2, 0.25) is 0 Å². The number of carbonyl (C=O) groups excluding carboxylic acids is 2. The van der Waals surface area contributed by atoms with Crippen molar-refractivity contribution in [3.63, 3.8) is 0 Å². The molecule has 1 aromatic heterocycles. The molecule has 3 aromatic rings. The van der Waals surface area contributed by atoms with E-state index in [0.29, 0.717) is 29.8 Å². The molecule has 1 atom stereocenters. The fourth-order valence-corrected chi connectivity index (χ4v) is 8.08. The molecule has 1 fully saturated rings. The highest BCUT2D eigenvalue weighted by molar-refractivity contribution is 7.92. The molecule has 0 spiro atoms. The number of carbonyl (C=O) groups is 2. The fraction of sp³-hybridized carbons (Fsp3) is 0.231. The van der Waals surface area contributed by atoms with Crippen molar-refractivity contribution >= 4 is 44.8 Å². The largest absolute Gasteiger partial charge is 0.323 e. The average molecular weight is 529 g/mol. The quantitative estimate of drug-likeness (QED) is 0.230. The third-order valence-electron chi connectivity index (χ3n) is 6.20. The second-order valence-corrected chi connectivity index (χ2v) is 12.1. The first-order valence-corrected chi connectivity index (χ1v) is 13.8. The van der Waals surface area contributed by atoms with Crippen molar-refractivity contribution in [2.45, 2.75) is 30.4 Å². The zero-order valence-corrected chi connectivity index (χ0v) is 20.9. The predicted molar refractivity (Wildman–Crippen MR) is 138 cm³/mol. The molecule has 0 radical (unpaired) electrons. The zero-order valence-electron chi connectivity index (χ0n) is 19.2. The number of sulfone groups is 1. The number of hydroxylamine groups is 1. The van der Waals surface area contributed by atoms with Gasteiger partial charge in [-0.1, -0.05) is 30.7 Å². The van der Waals surface area contributed by atoms with E-state index in [-0.39, 0.29) is 23.9 Å². The first kappa shape index (κ1) is 25.7. The summed E-state index contributed by atoms with van der Waals surface area (Å²) in [7, 11) is -3.59. The minimum Gasteiger partial charge on any atom is -0.323 e. The highest BCUT2D eigenvalue weighted by Gasteiger charge is 2.49. The maximum absolute atomic E-state index is 13.1. The number of amides is 2. The van der Waals surface area contributed by atoms with E-state index in [4.69, 9.17) is 5.21 Å². The summed E-state index contributed by atoms with van der Waals surface area (Å²) in [5.74, 6) is -1.45. The number of rotatable bonds is 7. The number of halogens is 1. The van der Waals surface area contributed by atoms with Crippen LogP contribution in [0.15, 0.2) is 66.7 Å². The molecule has 188 valence electrons. The summed E-state index contributed by atoms with van der Waals surface area (Å²) < 4.78 is 37.8. The molecular formula is C26H25FN2O5S2. The van der Waals surface area contributed by atoms with Gasteiger partial charge in [-0.05, 0) is 66.4 Å². The third-order valence-corrected chi connectivity index (χ3v) is 10.3. The van der Waals surface area contributed by atoms with E-state index in [9.17, 15) is 22.4 Å². The fourth-order valence-electron chi connectivity index (χ4n) is 4.30. The van der Waals surface area contributed by atoms with Crippen LogP contribution in [-0.4, -0.2) is 31.2 Å². The number of hydrogen-bond donors (Lipinski definition) is 3. The molecule has 2 aromatic carbocycles. The van der Waals surface area contributed by atoms with Gasteiger partial charge in [-0.3, -0.25) is 14.8 Å². The van der Waals surface area contributed by atoms with Crippen LogP contribution in [0.4, 0.5) is 10.1 Å². The molecule has 10 heteroatoms. The van der Waals surface area contributed by atoms with E-state index in [1.54, 1.807) is 17.6 Å². The second-order valence-electron chi connectivity index (χ2n) is 8.60. The second kappa shape index (κ2) is 10.7. The highest BCUT2D eigenvalue weighted by atomic mass is 32.2. The molecule has 2 amide bonds. The molecule has 0 saturated carbocycles. The van der Waals surface area contributed by atoms with Crippen molar-refractivity contribution in [3.8, 4) is 10.4 Å². The predicted octanol–water partition coefficient (Wildman–Crippen LogP) is 4.90. The van der Waals surface area contributed by atoms with E-state index >= 15 is 0 Å². The molecule has 36 heavy (non-hydrogen) atoms. The van der Waals surface area contributed by atoms with Crippen molar-refractivity contribution in [2.75, 3.05) is 11.1 Å². The van der Waals surface area contributed by atoms with Gasteiger partial charge in [0.1, 0.15) is 10.6 Å². The van der Waals surface area contributed by atoms with Crippen molar-refractivity contribution < 1.29 is 27.6 Å². The monoisotopic (exact) mass is 528 g/mol. The standard InChI is InChI=1S/C26H25FN2O5S2/c27-20-8-10-21(11-9-20)28-24(30)14-5-18-3-6-19(7-4-18)22-12-13-23(35-22)26(17-25(31)29-32)15-1-2-16-36(26,33)34/h3-14,32H,1-2,15-17H2,(H,28,30)(H,29,31)/b14-5+/t26-/m0/s1. The van der Waals surface area contributed by atoms with Gasteiger partial charge in [0.2, 0.25) is 11.8 Å². The van der Waals surface area contributed by atoms with Gasteiger partial charge in [0.15, 0.2) is 9.84 Å². The topological polar surface area (TPSA) is 113 Å². The first-order chi connectivity index (χ1) is 17.2. The van der Waals surface area contributed by atoms with Crippen LogP contribution in [0.25, 0.3) is 16.5 Å². The Morgan fingerprint density at radius 3 is 2.42 bits per heavy atom. The molecule has 1 aliphatic heterocycles. The van der Waals surface area contributed by atoms with E-state index in [2.05, 4.69) is 5.32 Å². The highest BCUT2D eigenvalue weighted by Crippen LogP contribution is 2.47. The summed E-state index contributed by atoms with van der Waals surface area (Å²) in [6.45, 7) is 0. The molecule has 4 rings (SSSR count). The van der Waals surface area contributed by atoms with Gasteiger partial charge in [0.25, 0.3) is 0 Å². The summed E-state index contributed by atoms with van der Waals surface area (Å²) in [5.41, 5.74) is 3.72. The van der Waals surface area contributed by atoms with Crippen molar-refractivity contribution in [1.82, 2.24) is 5.48 Å². The van der Waals surface area contributed by atoms with E-state index < -0.39 is 20.5 Å². The van der Waals surface area contributed by atoms with Gasteiger partial charge in [0.05, 0.1) is 12.2 Å². The van der Waals surface area contributed by atoms with Crippen LogP contribution in [0.3, 0.4) is 0 Å². The summed E-state index contributed by atoms with van der Waals surface area (Å²) in [5, 5.41) is 11.7. The maximum Gasteiger partial charge on any atom is 0.248 e. The lowest BCUT2D eigenvalue weighted by atomic mass is 9.94. The number of anilines is 1. The van der Waals surface area contributed by atoms with Crippen molar-refractivity contribution in [1.29, 1.82) is 0 Å². The molecule has 7 nitrogen and oxygen atoms in total. The van der Waals surface area contributed by atoms with Gasteiger partial charge >= 0.3 is 0 Å². The minimum absolute atomic E-state index is 0.00864. The molecule has 0 unspecified atom stereocenters. The summed E-state index contributed by atoms with van der Waals surface area (Å²) in [4.78, 5) is 25.6. The lowest BCUT2D eigenvalue weighted by Gasteiger charge is -2.35. The molecular weight excluding hydrogens is 503 g/mol. The van der Waals surface area contributed by atoms with Gasteiger partial charge in [0, 0.05) is 21.5 Å². The Hall–Kier alpha value is -3.34. The lowest BCUT2D eigenvalue weighted by molar-refractivity contribution is -0.130. The Kier molecular flexibility index (Phi) is 7.67. The number of thiophene rings is 1. The smallest absolute Gasteiger partial charge is 0.248 e. The first-order valence-electron chi connectivity index (χ1n) is 11.3. The van der Waals surface area contributed by atoms with Gasteiger partial charge < -0.3 is 5.32 Å². The van der Waals surface area contributed by atoms with Crippen LogP contribution in [-0.2, 0) is 24.2 Å². The van der Waals surface area contributed by atoms with Gasteiger partial charge in [-0.2, -0.15) is 0 Å². The van der Waals surface area contributed by atoms with Crippen molar-refractivity contribution in [2.24, 2.45) is 0 Å². The van der Waals surface area contributed by atoms with Crippen LogP contribution >= 0.6 is 11.3 Å². The SMILES string of the molecule is O=C(/C=C/c1ccc(-c2ccc([C@@]3(CC(=O)NO)CCCCS3(=O)=O)s2)cc1)Nc1ccc(F)cc1. The lowest BCUT2D eigenvalue weighted by Crippen LogP contribution is -2.43. The van der Waals surface area contributed by atoms with E-state index in [1.165, 1.54) is 41.7 Å². The van der Waals surface area contributed by atoms with Gasteiger partial charge in [-0.25, -0.2) is 18.3 Å². The Morgan fingerprint density at radius 1 is 1.03 bits per heavy atom. The van der Waals surface area contributed by atoms with Crippen molar-refractivity contribution in [3.05, 3.63) is 83.0 Å².